The normalized spacial score (nSPS) is 26.7. The van der Waals surface area contributed by atoms with E-state index in [0.717, 1.165) is 32.5 Å². The van der Waals surface area contributed by atoms with E-state index in [1.54, 1.807) is 0 Å². The van der Waals surface area contributed by atoms with Crippen molar-refractivity contribution in [1.29, 1.82) is 0 Å². The summed E-state index contributed by atoms with van der Waals surface area (Å²) in [4.78, 5) is 0. The van der Waals surface area contributed by atoms with Crippen molar-refractivity contribution in [2.45, 2.75) is 18.9 Å². The smallest absolute Gasteiger partial charge is 0.0700 e. The van der Waals surface area contributed by atoms with Crippen LogP contribution in [0.5, 0.6) is 0 Å². The lowest BCUT2D eigenvalue weighted by Gasteiger charge is -2.23. The van der Waals surface area contributed by atoms with Crippen LogP contribution in [0, 0.1) is 0 Å². The van der Waals surface area contributed by atoms with Crippen molar-refractivity contribution in [3.05, 3.63) is 0 Å². The average Bonchev–Trinajstić information content (AvgIpc) is 2.03. The molecule has 0 aromatic carbocycles. The minimum Gasteiger partial charge on any atom is -0.396 e. The second-order valence-electron chi connectivity index (χ2n) is 2.56. The van der Waals surface area contributed by atoms with Crippen molar-refractivity contribution < 1.29 is 9.84 Å². The molecule has 0 radical (unpaired) electrons. The summed E-state index contributed by atoms with van der Waals surface area (Å²) < 4.78 is 5.41. The van der Waals surface area contributed by atoms with E-state index in [1.165, 1.54) is 0 Å². The number of hydrogen-bond donors (Lipinski definition) is 2. The number of rotatable bonds is 3. The van der Waals surface area contributed by atoms with Crippen LogP contribution in [0.25, 0.3) is 0 Å². The fourth-order valence-electron chi connectivity index (χ4n) is 1.12. The monoisotopic (exact) mass is 145 g/mol. The summed E-state index contributed by atoms with van der Waals surface area (Å²) in [6.45, 7) is 3.01. The van der Waals surface area contributed by atoms with E-state index >= 15 is 0 Å². The highest BCUT2D eigenvalue weighted by atomic mass is 16.5. The quantitative estimate of drug-likeness (QED) is 0.575. The molecule has 0 bridgehead atoms. The average molecular weight is 145 g/mol. The van der Waals surface area contributed by atoms with Crippen molar-refractivity contribution >= 4 is 0 Å². The molecule has 3 nitrogen and oxygen atoms in total. The summed E-state index contributed by atoms with van der Waals surface area (Å²) in [5.74, 6) is 0. The summed E-state index contributed by atoms with van der Waals surface area (Å²) in [5.41, 5.74) is 0. The maximum atomic E-state index is 8.52. The van der Waals surface area contributed by atoms with Crippen molar-refractivity contribution in [1.82, 2.24) is 5.32 Å². The fourth-order valence-corrected chi connectivity index (χ4v) is 1.12. The first-order chi connectivity index (χ1) is 4.93. The first kappa shape index (κ1) is 7.98. The fraction of sp³-hybridized carbons (Fsp3) is 1.00. The summed E-state index contributed by atoms with van der Waals surface area (Å²) in [5, 5.41) is 11.8. The molecule has 0 saturated carbocycles. The molecule has 1 aliphatic heterocycles. The van der Waals surface area contributed by atoms with Crippen molar-refractivity contribution in [3.63, 3.8) is 0 Å². The molecule has 1 aliphatic rings. The first-order valence-electron chi connectivity index (χ1n) is 3.86. The first-order valence-corrected chi connectivity index (χ1v) is 3.86. The van der Waals surface area contributed by atoms with Crippen molar-refractivity contribution in [3.8, 4) is 0 Å². The molecule has 1 atom stereocenters. The van der Waals surface area contributed by atoms with Gasteiger partial charge in [-0.15, -0.1) is 0 Å². The Hall–Kier alpha value is -0.120. The minimum atomic E-state index is 0.278. The number of hydrogen-bond acceptors (Lipinski definition) is 3. The standard InChI is InChI=1S/C7H15NO2/c9-4-1-2-7-6-8-3-5-10-7/h7-9H,1-6H2. The van der Waals surface area contributed by atoms with Gasteiger partial charge in [0.05, 0.1) is 12.7 Å². The Bertz CT molecular complexity index is 81.7. The zero-order valence-electron chi connectivity index (χ0n) is 6.18. The number of ether oxygens (including phenoxy) is 1. The van der Waals surface area contributed by atoms with Gasteiger partial charge in [-0.2, -0.15) is 0 Å². The lowest BCUT2D eigenvalue weighted by molar-refractivity contribution is 0.0198. The van der Waals surface area contributed by atoms with Crippen LogP contribution >= 0.6 is 0 Å². The van der Waals surface area contributed by atoms with E-state index in [-0.39, 0.29) is 6.61 Å². The number of aliphatic hydroxyl groups excluding tert-OH is 1. The maximum absolute atomic E-state index is 8.52. The number of morpholine rings is 1. The minimum absolute atomic E-state index is 0.278. The predicted octanol–water partition coefficient (Wildman–Crippen LogP) is -0.253. The van der Waals surface area contributed by atoms with E-state index in [9.17, 15) is 0 Å². The Morgan fingerprint density at radius 3 is 3.10 bits per heavy atom. The van der Waals surface area contributed by atoms with Gasteiger partial charge in [0.2, 0.25) is 0 Å². The molecule has 0 aliphatic carbocycles. The Balaban J connectivity index is 2.02. The lowest BCUT2D eigenvalue weighted by atomic mass is 10.2. The van der Waals surface area contributed by atoms with Crippen LogP contribution in [0.2, 0.25) is 0 Å². The molecule has 1 rings (SSSR count). The second-order valence-corrected chi connectivity index (χ2v) is 2.56. The summed E-state index contributed by atoms with van der Waals surface area (Å²) in [6.07, 6.45) is 2.16. The van der Waals surface area contributed by atoms with Gasteiger partial charge in [0.15, 0.2) is 0 Å². The van der Waals surface area contributed by atoms with Gasteiger partial charge >= 0.3 is 0 Å². The van der Waals surface area contributed by atoms with Gasteiger partial charge in [-0.25, -0.2) is 0 Å². The molecule has 3 heteroatoms. The molecule has 10 heavy (non-hydrogen) atoms. The van der Waals surface area contributed by atoms with Gasteiger partial charge in [0.1, 0.15) is 0 Å². The molecule has 0 spiro atoms. The van der Waals surface area contributed by atoms with E-state index in [1.807, 2.05) is 0 Å². The van der Waals surface area contributed by atoms with Gasteiger partial charge in [0.25, 0.3) is 0 Å². The van der Waals surface area contributed by atoms with Gasteiger partial charge in [-0.1, -0.05) is 0 Å². The molecule has 60 valence electrons. The van der Waals surface area contributed by atoms with Crippen molar-refractivity contribution in [2.24, 2.45) is 0 Å². The molecule has 1 saturated heterocycles. The van der Waals surface area contributed by atoms with Crippen LogP contribution in [-0.2, 0) is 4.74 Å². The third-order valence-electron chi connectivity index (χ3n) is 1.69. The number of aliphatic hydroxyl groups is 1. The molecule has 0 aromatic rings. The molecular formula is C7H15NO2. The topological polar surface area (TPSA) is 41.5 Å². The summed E-state index contributed by atoms with van der Waals surface area (Å²) in [7, 11) is 0. The molecule has 0 amide bonds. The van der Waals surface area contributed by atoms with E-state index in [2.05, 4.69) is 5.32 Å². The SMILES string of the molecule is OCCCC1CNCCO1. The van der Waals surface area contributed by atoms with E-state index in [4.69, 9.17) is 9.84 Å². The highest BCUT2D eigenvalue weighted by Gasteiger charge is 2.11. The zero-order valence-corrected chi connectivity index (χ0v) is 6.18. The molecular weight excluding hydrogens is 130 g/mol. The zero-order chi connectivity index (χ0) is 7.23. The lowest BCUT2D eigenvalue weighted by Crippen LogP contribution is -2.38. The van der Waals surface area contributed by atoms with E-state index < -0.39 is 0 Å². The molecule has 1 unspecified atom stereocenters. The molecule has 2 N–H and O–H groups in total. The van der Waals surface area contributed by atoms with Crippen LogP contribution < -0.4 is 5.32 Å². The Kier molecular flexibility index (Phi) is 3.72. The highest BCUT2D eigenvalue weighted by molar-refractivity contribution is 4.66. The van der Waals surface area contributed by atoms with Gasteiger partial charge in [0, 0.05) is 19.7 Å². The van der Waals surface area contributed by atoms with Crippen molar-refractivity contribution in [2.75, 3.05) is 26.3 Å². The molecule has 0 aromatic heterocycles. The highest BCUT2D eigenvalue weighted by Crippen LogP contribution is 2.03. The van der Waals surface area contributed by atoms with Crippen LogP contribution in [-0.4, -0.2) is 37.5 Å². The Morgan fingerprint density at radius 2 is 2.50 bits per heavy atom. The van der Waals surface area contributed by atoms with Gasteiger partial charge < -0.3 is 15.2 Å². The molecule has 1 fully saturated rings. The van der Waals surface area contributed by atoms with Gasteiger partial charge in [-0.05, 0) is 12.8 Å². The Morgan fingerprint density at radius 1 is 1.60 bits per heavy atom. The van der Waals surface area contributed by atoms with Gasteiger partial charge in [-0.3, -0.25) is 0 Å². The van der Waals surface area contributed by atoms with Crippen LogP contribution in [0.15, 0.2) is 0 Å². The largest absolute Gasteiger partial charge is 0.396 e. The van der Waals surface area contributed by atoms with Crippen LogP contribution in [0.3, 0.4) is 0 Å². The third-order valence-corrected chi connectivity index (χ3v) is 1.69. The summed E-state index contributed by atoms with van der Waals surface area (Å²) >= 11 is 0. The van der Waals surface area contributed by atoms with Crippen LogP contribution in [0.1, 0.15) is 12.8 Å². The summed E-state index contributed by atoms with van der Waals surface area (Å²) in [6, 6.07) is 0. The Labute approximate surface area is 61.4 Å². The number of nitrogens with one attached hydrogen (secondary N) is 1. The molecule has 1 heterocycles. The third kappa shape index (κ3) is 2.64. The second kappa shape index (κ2) is 4.66. The predicted molar refractivity (Wildman–Crippen MR) is 38.9 cm³/mol. The maximum Gasteiger partial charge on any atom is 0.0700 e. The van der Waals surface area contributed by atoms with E-state index in [0.29, 0.717) is 6.10 Å². The van der Waals surface area contributed by atoms with Crippen LogP contribution in [0.4, 0.5) is 0 Å².